The van der Waals surface area contributed by atoms with Gasteiger partial charge in [0.15, 0.2) is 11.7 Å². The third kappa shape index (κ3) is 4.23. The zero-order valence-electron chi connectivity index (χ0n) is 14.6. The van der Waals surface area contributed by atoms with Gasteiger partial charge >= 0.3 is 5.97 Å². The van der Waals surface area contributed by atoms with E-state index in [4.69, 9.17) is 4.74 Å². The minimum absolute atomic E-state index is 0.0263. The Kier molecular flexibility index (Phi) is 5.89. The van der Waals surface area contributed by atoms with Crippen LogP contribution in [0.25, 0.3) is 0 Å². The molecule has 0 aromatic rings. The lowest BCUT2D eigenvalue weighted by Gasteiger charge is -2.33. The van der Waals surface area contributed by atoms with Crippen LogP contribution in [0.2, 0.25) is 0 Å². The molecule has 0 aromatic carbocycles. The van der Waals surface area contributed by atoms with Crippen molar-refractivity contribution in [2.24, 2.45) is 5.92 Å². The van der Waals surface area contributed by atoms with Crippen molar-refractivity contribution < 1.29 is 19.1 Å². The fraction of sp³-hybridized carbons (Fsp3) is 0.944. The number of hydrogen-bond donors (Lipinski definition) is 1. The molecule has 2 aliphatic rings. The standard InChI is InChI=1S/C18H34NO3/c1-4-5-8-12-18(21,15-9-6-7-10-15)17(20)22-16-11-13-19(2,3)14-16/h15-16,21H,4-14H2,1-3H3/q+1/t16-,18+/m1/s1. The van der Waals surface area contributed by atoms with Crippen LogP contribution in [0, 0.1) is 5.92 Å². The third-order valence-electron chi connectivity index (χ3n) is 5.57. The van der Waals surface area contributed by atoms with Gasteiger partial charge in [-0.3, -0.25) is 0 Å². The van der Waals surface area contributed by atoms with Gasteiger partial charge in [0.2, 0.25) is 0 Å². The Labute approximate surface area is 135 Å². The Hall–Kier alpha value is -0.610. The number of carbonyl (C=O) groups excluding carboxylic acids is 1. The molecular formula is C18H34NO3+. The molecule has 1 aliphatic carbocycles. The Balaban J connectivity index is 1.98. The Morgan fingerprint density at radius 2 is 1.91 bits per heavy atom. The van der Waals surface area contributed by atoms with Crippen LogP contribution in [-0.4, -0.2) is 54.4 Å². The number of quaternary nitrogens is 1. The highest BCUT2D eigenvalue weighted by Crippen LogP contribution is 2.38. The van der Waals surface area contributed by atoms with Crippen molar-refractivity contribution in [1.29, 1.82) is 0 Å². The minimum Gasteiger partial charge on any atom is -0.454 e. The van der Waals surface area contributed by atoms with Gasteiger partial charge in [-0.2, -0.15) is 0 Å². The van der Waals surface area contributed by atoms with Gasteiger partial charge in [0.25, 0.3) is 0 Å². The lowest BCUT2D eigenvalue weighted by molar-refractivity contribution is -0.879. The normalized spacial score (nSPS) is 27.7. The molecule has 128 valence electrons. The molecule has 0 radical (unpaired) electrons. The van der Waals surface area contributed by atoms with Crippen LogP contribution in [0.3, 0.4) is 0 Å². The number of rotatable bonds is 7. The number of carbonyl (C=O) groups is 1. The number of likely N-dealkylation sites (tertiary alicyclic amines) is 1. The number of nitrogens with zero attached hydrogens (tertiary/aromatic N) is 1. The summed E-state index contributed by atoms with van der Waals surface area (Å²) in [6.07, 6.45) is 8.70. The Morgan fingerprint density at radius 1 is 1.23 bits per heavy atom. The molecule has 0 amide bonds. The molecule has 2 fully saturated rings. The van der Waals surface area contributed by atoms with Gasteiger partial charge in [-0.15, -0.1) is 0 Å². The predicted octanol–water partition coefficient (Wildman–Crippen LogP) is 2.88. The van der Waals surface area contributed by atoms with Crippen LogP contribution < -0.4 is 0 Å². The number of esters is 1. The first kappa shape index (κ1) is 17.7. The van der Waals surface area contributed by atoms with E-state index in [2.05, 4.69) is 21.0 Å². The van der Waals surface area contributed by atoms with Crippen LogP contribution in [0.4, 0.5) is 0 Å². The van der Waals surface area contributed by atoms with Crippen molar-refractivity contribution in [2.45, 2.75) is 76.4 Å². The largest absolute Gasteiger partial charge is 0.454 e. The summed E-state index contributed by atoms with van der Waals surface area (Å²) in [7, 11) is 4.33. The van der Waals surface area contributed by atoms with Crippen LogP contribution >= 0.6 is 0 Å². The lowest BCUT2D eigenvalue weighted by Crippen LogP contribution is -2.48. The Morgan fingerprint density at radius 3 is 2.45 bits per heavy atom. The molecule has 2 rings (SSSR count). The molecule has 0 unspecified atom stereocenters. The second kappa shape index (κ2) is 7.31. The lowest BCUT2D eigenvalue weighted by atomic mass is 9.81. The summed E-state index contributed by atoms with van der Waals surface area (Å²) in [4.78, 5) is 12.7. The first-order valence-corrected chi connectivity index (χ1v) is 9.13. The van der Waals surface area contributed by atoms with E-state index in [-0.39, 0.29) is 18.0 Å². The van der Waals surface area contributed by atoms with Gasteiger partial charge in [0.05, 0.1) is 20.6 Å². The summed E-state index contributed by atoms with van der Waals surface area (Å²) in [6.45, 7) is 4.04. The van der Waals surface area contributed by atoms with Crippen molar-refractivity contribution >= 4 is 5.97 Å². The maximum Gasteiger partial charge on any atom is 0.338 e. The highest BCUT2D eigenvalue weighted by molar-refractivity contribution is 5.80. The Bertz CT molecular complexity index is 377. The molecule has 1 saturated heterocycles. The summed E-state index contributed by atoms with van der Waals surface area (Å²) < 4.78 is 6.65. The van der Waals surface area contributed by atoms with Crippen molar-refractivity contribution in [1.82, 2.24) is 0 Å². The van der Waals surface area contributed by atoms with Gasteiger partial charge < -0.3 is 14.3 Å². The smallest absolute Gasteiger partial charge is 0.338 e. The predicted molar refractivity (Wildman–Crippen MR) is 87.4 cm³/mol. The monoisotopic (exact) mass is 312 g/mol. The summed E-state index contributed by atoms with van der Waals surface area (Å²) in [5.74, 6) is -0.247. The van der Waals surface area contributed by atoms with Gasteiger partial charge in [0, 0.05) is 6.42 Å². The van der Waals surface area contributed by atoms with E-state index in [1.54, 1.807) is 0 Å². The van der Waals surface area contributed by atoms with Gasteiger partial charge in [0.1, 0.15) is 6.54 Å². The van der Waals surface area contributed by atoms with E-state index in [0.717, 1.165) is 68.9 Å². The summed E-state index contributed by atoms with van der Waals surface area (Å²) >= 11 is 0. The van der Waals surface area contributed by atoms with Crippen LogP contribution in [0.1, 0.15) is 64.7 Å². The van der Waals surface area contributed by atoms with Gasteiger partial charge in [-0.1, -0.05) is 32.6 Å². The molecule has 0 aromatic heterocycles. The molecule has 0 bridgehead atoms. The molecule has 1 aliphatic heterocycles. The first-order valence-electron chi connectivity index (χ1n) is 9.13. The quantitative estimate of drug-likeness (QED) is 0.447. The molecule has 0 spiro atoms. The second-order valence-corrected chi connectivity index (χ2v) is 8.02. The molecule has 22 heavy (non-hydrogen) atoms. The van der Waals surface area contributed by atoms with Crippen LogP contribution in [0.5, 0.6) is 0 Å². The number of aliphatic hydroxyl groups is 1. The second-order valence-electron chi connectivity index (χ2n) is 8.02. The van der Waals surface area contributed by atoms with Crippen LogP contribution in [-0.2, 0) is 9.53 Å². The van der Waals surface area contributed by atoms with E-state index < -0.39 is 5.60 Å². The van der Waals surface area contributed by atoms with E-state index in [1.807, 2.05) is 0 Å². The zero-order valence-corrected chi connectivity index (χ0v) is 14.6. The fourth-order valence-electron chi connectivity index (χ4n) is 4.10. The van der Waals surface area contributed by atoms with Gasteiger partial charge in [-0.25, -0.2) is 4.79 Å². The minimum atomic E-state index is -1.24. The number of likely N-dealkylation sites (N-methyl/N-ethyl adjacent to an activating group) is 1. The average Bonchev–Trinajstić information content (AvgIpc) is 3.09. The maximum atomic E-state index is 12.7. The van der Waals surface area contributed by atoms with E-state index >= 15 is 0 Å². The molecule has 1 heterocycles. The fourth-order valence-corrected chi connectivity index (χ4v) is 4.10. The third-order valence-corrected chi connectivity index (χ3v) is 5.57. The maximum absolute atomic E-state index is 12.7. The highest BCUT2D eigenvalue weighted by Gasteiger charge is 2.47. The van der Waals surface area contributed by atoms with E-state index in [9.17, 15) is 9.90 Å². The highest BCUT2D eigenvalue weighted by atomic mass is 16.6. The van der Waals surface area contributed by atoms with E-state index in [0.29, 0.717) is 6.42 Å². The van der Waals surface area contributed by atoms with Crippen LogP contribution in [0.15, 0.2) is 0 Å². The van der Waals surface area contributed by atoms with Crippen molar-refractivity contribution in [2.75, 3.05) is 27.2 Å². The number of ether oxygens (including phenoxy) is 1. The van der Waals surface area contributed by atoms with Crippen molar-refractivity contribution in [3.8, 4) is 0 Å². The topological polar surface area (TPSA) is 46.5 Å². The number of hydrogen-bond acceptors (Lipinski definition) is 3. The molecule has 2 atom stereocenters. The first-order chi connectivity index (χ1) is 10.4. The molecule has 4 heteroatoms. The molecule has 1 saturated carbocycles. The van der Waals surface area contributed by atoms with Crippen molar-refractivity contribution in [3.63, 3.8) is 0 Å². The molecule has 4 nitrogen and oxygen atoms in total. The summed E-state index contributed by atoms with van der Waals surface area (Å²) in [5, 5.41) is 11.1. The molecule has 1 N–H and O–H groups in total. The zero-order chi connectivity index (χ0) is 16.2. The summed E-state index contributed by atoms with van der Waals surface area (Å²) in [6, 6.07) is 0. The van der Waals surface area contributed by atoms with Gasteiger partial charge in [-0.05, 0) is 31.6 Å². The van der Waals surface area contributed by atoms with Crippen molar-refractivity contribution in [3.05, 3.63) is 0 Å². The number of unbranched alkanes of at least 4 members (excludes halogenated alkanes) is 2. The summed E-state index contributed by atoms with van der Waals surface area (Å²) in [5.41, 5.74) is -1.24. The van der Waals surface area contributed by atoms with E-state index in [1.165, 1.54) is 0 Å². The average molecular weight is 312 g/mol. The molecular weight excluding hydrogens is 278 g/mol. The SMILES string of the molecule is CCCCC[C@@](O)(C(=O)O[C@@H]1CC[N+](C)(C)C1)C1CCCC1.